The maximum Gasteiger partial charge on any atom is 0.229 e. The molecule has 0 bridgehead atoms. The van der Waals surface area contributed by atoms with E-state index in [2.05, 4.69) is 17.2 Å². The second-order valence-corrected chi connectivity index (χ2v) is 7.66. The van der Waals surface area contributed by atoms with Crippen molar-refractivity contribution < 1.29 is 9.21 Å². The van der Waals surface area contributed by atoms with Crippen molar-refractivity contribution in [1.82, 2.24) is 4.98 Å². The van der Waals surface area contributed by atoms with E-state index in [-0.39, 0.29) is 11.8 Å². The van der Waals surface area contributed by atoms with Crippen molar-refractivity contribution >= 4 is 22.4 Å². The number of thiazole rings is 1. The normalized spacial score (nSPS) is 20.9. The van der Waals surface area contributed by atoms with E-state index in [1.54, 1.807) is 0 Å². The molecular formula is C19H26N2O2S. The maximum absolute atomic E-state index is 12.5. The van der Waals surface area contributed by atoms with Gasteiger partial charge in [0.15, 0.2) is 10.9 Å². The average Bonchev–Trinajstić information content (AvgIpc) is 3.22. The number of anilines is 1. The number of aryl methyl sites for hydroxylation is 1. The lowest BCUT2D eigenvalue weighted by atomic mass is 9.79. The van der Waals surface area contributed by atoms with Gasteiger partial charge < -0.3 is 9.73 Å². The third-order valence-electron chi connectivity index (χ3n) is 4.91. The molecule has 1 saturated carbocycles. The lowest BCUT2D eigenvalue weighted by molar-refractivity contribution is -0.121. The third-order valence-corrected chi connectivity index (χ3v) is 5.67. The predicted octanol–water partition coefficient (Wildman–Crippen LogP) is 5.65. The Morgan fingerprint density at radius 3 is 2.79 bits per heavy atom. The topological polar surface area (TPSA) is 55.1 Å². The number of rotatable bonds is 6. The SMILES string of the molecule is CCCCC1CCC(C(=O)Nc2nc(-c3ccc(C)o3)cs2)CC1. The number of furan rings is 1. The molecule has 1 amide bonds. The van der Waals surface area contributed by atoms with Gasteiger partial charge in [0, 0.05) is 11.3 Å². The summed E-state index contributed by atoms with van der Waals surface area (Å²) >= 11 is 1.45. The Bertz CT molecular complexity index is 668. The quantitative estimate of drug-likeness (QED) is 0.735. The molecule has 0 atom stereocenters. The van der Waals surface area contributed by atoms with E-state index >= 15 is 0 Å². The monoisotopic (exact) mass is 346 g/mol. The molecule has 3 rings (SSSR count). The van der Waals surface area contributed by atoms with Crippen molar-refractivity contribution in [1.29, 1.82) is 0 Å². The molecule has 1 fully saturated rings. The van der Waals surface area contributed by atoms with Crippen LogP contribution >= 0.6 is 11.3 Å². The van der Waals surface area contributed by atoms with Crippen molar-refractivity contribution in [3.8, 4) is 11.5 Å². The number of nitrogens with one attached hydrogen (secondary N) is 1. The molecule has 1 aliphatic rings. The average molecular weight is 346 g/mol. The molecule has 0 unspecified atom stereocenters. The van der Waals surface area contributed by atoms with Crippen LogP contribution in [0.25, 0.3) is 11.5 Å². The minimum Gasteiger partial charge on any atom is -0.460 e. The van der Waals surface area contributed by atoms with E-state index in [0.717, 1.165) is 36.0 Å². The number of amides is 1. The van der Waals surface area contributed by atoms with Gasteiger partial charge in [0.1, 0.15) is 11.5 Å². The van der Waals surface area contributed by atoms with Gasteiger partial charge in [-0.1, -0.05) is 26.2 Å². The van der Waals surface area contributed by atoms with Crippen LogP contribution in [0.2, 0.25) is 0 Å². The minimum atomic E-state index is 0.125. The lowest BCUT2D eigenvalue weighted by Crippen LogP contribution is -2.27. The van der Waals surface area contributed by atoms with Gasteiger partial charge in [-0.05, 0) is 50.7 Å². The summed E-state index contributed by atoms with van der Waals surface area (Å²) in [5, 5.41) is 5.58. The molecule has 2 heterocycles. The summed E-state index contributed by atoms with van der Waals surface area (Å²) in [4.78, 5) is 16.9. The van der Waals surface area contributed by atoms with Gasteiger partial charge in [0.25, 0.3) is 0 Å². The molecule has 1 aliphatic carbocycles. The predicted molar refractivity (Wildman–Crippen MR) is 98.2 cm³/mol. The summed E-state index contributed by atoms with van der Waals surface area (Å²) in [7, 11) is 0. The summed E-state index contributed by atoms with van der Waals surface area (Å²) in [5.74, 6) is 2.70. The van der Waals surface area contributed by atoms with Crippen LogP contribution in [0.1, 0.15) is 57.6 Å². The van der Waals surface area contributed by atoms with E-state index in [1.165, 1.54) is 43.4 Å². The van der Waals surface area contributed by atoms with Crippen LogP contribution in [0.4, 0.5) is 5.13 Å². The van der Waals surface area contributed by atoms with Crippen LogP contribution in [-0.4, -0.2) is 10.9 Å². The van der Waals surface area contributed by atoms with Gasteiger partial charge in [0.2, 0.25) is 5.91 Å². The standard InChI is InChI=1S/C19H26N2O2S/c1-3-4-5-14-7-9-15(10-8-14)18(22)21-19-20-16(12-24-19)17-11-6-13(2)23-17/h6,11-12,14-15H,3-5,7-10H2,1-2H3,(H,20,21,22). The fourth-order valence-corrected chi connectivity index (χ4v) is 4.13. The second-order valence-electron chi connectivity index (χ2n) is 6.80. The molecule has 2 aromatic rings. The first-order valence-electron chi connectivity index (χ1n) is 8.99. The Labute approximate surface area is 147 Å². The fraction of sp³-hybridized carbons (Fsp3) is 0.579. The molecule has 130 valence electrons. The van der Waals surface area contributed by atoms with Crippen LogP contribution in [0.3, 0.4) is 0 Å². The maximum atomic E-state index is 12.5. The molecule has 0 aliphatic heterocycles. The van der Waals surface area contributed by atoms with E-state index < -0.39 is 0 Å². The third kappa shape index (κ3) is 4.26. The highest BCUT2D eigenvalue weighted by Gasteiger charge is 2.26. The molecule has 5 heteroatoms. The first-order chi connectivity index (χ1) is 11.7. The highest BCUT2D eigenvalue weighted by Crippen LogP contribution is 2.33. The molecule has 24 heavy (non-hydrogen) atoms. The fourth-order valence-electron chi connectivity index (χ4n) is 3.43. The van der Waals surface area contributed by atoms with Gasteiger partial charge in [-0.3, -0.25) is 4.79 Å². The Morgan fingerprint density at radius 1 is 1.33 bits per heavy atom. The Hall–Kier alpha value is -1.62. The van der Waals surface area contributed by atoms with E-state index in [9.17, 15) is 4.79 Å². The molecule has 0 aromatic carbocycles. The van der Waals surface area contributed by atoms with Crippen molar-refractivity contribution in [3.63, 3.8) is 0 Å². The summed E-state index contributed by atoms with van der Waals surface area (Å²) in [6, 6.07) is 3.83. The smallest absolute Gasteiger partial charge is 0.229 e. The highest BCUT2D eigenvalue weighted by atomic mass is 32.1. The van der Waals surface area contributed by atoms with Gasteiger partial charge in [0.05, 0.1) is 0 Å². The molecule has 0 spiro atoms. The number of carbonyl (C=O) groups is 1. The molecule has 4 nitrogen and oxygen atoms in total. The zero-order valence-electron chi connectivity index (χ0n) is 14.5. The van der Waals surface area contributed by atoms with Crippen LogP contribution in [0, 0.1) is 18.8 Å². The van der Waals surface area contributed by atoms with Crippen LogP contribution in [-0.2, 0) is 4.79 Å². The number of nitrogens with zero attached hydrogens (tertiary/aromatic N) is 1. The van der Waals surface area contributed by atoms with Crippen molar-refractivity contribution in [2.24, 2.45) is 11.8 Å². The van der Waals surface area contributed by atoms with Crippen LogP contribution in [0.5, 0.6) is 0 Å². The van der Waals surface area contributed by atoms with E-state index in [4.69, 9.17) is 4.42 Å². The number of hydrogen-bond acceptors (Lipinski definition) is 4. The molecular weight excluding hydrogens is 320 g/mol. The first kappa shape index (κ1) is 17.2. The van der Waals surface area contributed by atoms with Crippen molar-refractivity contribution in [2.45, 2.75) is 58.8 Å². The minimum absolute atomic E-state index is 0.125. The lowest BCUT2D eigenvalue weighted by Gasteiger charge is -2.27. The van der Waals surface area contributed by atoms with Gasteiger partial charge in [-0.2, -0.15) is 0 Å². The zero-order chi connectivity index (χ0) is 16.9. The Morgan fingerprint density at radius 2 is 2.12 bits per heavy atom. The molecule has 1 N–H and O–H groups in total. The summed E-state index contributed by atoms with van der Waals surface area (Å²) in [6.07, 6.45) is 8.30. The largest absolute Gasteiger partial charge is 0.460 e. The highest BCUT2D eigenvalue weighted by molar-refractivity contribution is 7.14. The Kier molecular flexibility index (Phi) is 5.72. The number of aromatic nitrogens is 1. The summed E-state index contributed by atoms with van der Waals surface area (Å²) < 4.78 is 5.58. The molecule has 0 radical (unpaired) electrons. The first-order valence-corrected chi connectivity index (χ1v) is 9.87. The summed E-state index contributed by atoms with van der Waals surface area (Å²) in [5.41, 5.74) is 0.784. The second kappa shape index (κ2) is 7.97. The number of unbranched alkanes of at least 4 members (excludes halogenated alkanes) is 1. The number of carbonyl (C=O) groups excluding carboxylic acids is 1. The van der Waals surface area contributed by atoms with E-state index in [1.807, 2.05) is 24.4 Å². The van der Waals surface area contributed by atoms with Gasteiger partial charge >= 0.3 is 0 Å². The molecule has 2 aromatic heterocycles. The van der Waals surface area contributed by atoms with Crippen LogP contribution < -0.4 is 5.32 Å². The Balaban J connectivity index is 1.51. The van der Waals surface area contributed by atoms with Gasteiger partial charge in [-0.25, -0.2) is 4.98 Å². The number of hydrogen-bond donors (Lipinski definition) is 1. The van der Waals surface area contributed by atoms with E-state index in [0.29, 0.717) is 5.13 Å². The van der Waals surface area contributed by atoms with Gasteiger partial charge in [-0.15, -0.1) is 11.3 Å². The summed E-state index contributed by atoms with van der Waals surface area (Å²) in [6.45, 7) is 4.15. The molecule has 0 saturated heterocycles. The van der Waals surface area contributed by atoms with Crippen molar-refractivity contribution in [2.75, 3.05) is 5.32 Å². The van der Waals surface area contributed by atoms with Crippen molar-refractivity contribution in [3.05, 3.63) is 23.3 Å². The van der Waals surface area contributed by atoms with Crippen LogP contribution in [0.15, 0.2) is 21.9 Å². The zero-order valence-corrected chi connectivity index (χ0v) is 15.3.